The zero-order valence-electron chi connectivity index (χ0n) is 12.5. The van der Waals surface area contributed by atoms with Crippen molar-refractivity contribution >= 4 is 22.9 Å². The molecule has 2 heterocycles. The van der Waals surface area contributed by atoms with Crippen LogP contribution in [0.5, 0.6) is 5.75 Å². The van der Waals surface area contributed by atoms with Crippen molar-refractivity contribution in [2.75, 3.05) is 31.1 Å². The fraction of sp³-hybridized carbons (Fsp3) is 0.375. The number of hydrogen-bond donors (Lipinski definition) is 1. The molecule has 0 bridgehead atoms. The zero-order chi connectivity index (χ0) is 15.5. The molecule has 1 fully saturated rings. The second-order valence-electron chi connectivity index (χ2n) is 5.42. The van der Waals surface area contributed by atoms with Gasteiger partial charge in [-0.1, -0.05) is 0 Å². The van der Waals surface area contributed by atoms with E-state index in [0.29, 0.717) is 6.42 Å². The molecule has 116 valence electrons. The van der Waals surface area contributed by atoms with Gasteiger partial charge >= 0.3 is 0 Å². The smallest absolute Gasteiger partial charge is 0.228 e. The Morgan fingerprint density at radius 2 is 1.91 bits per heavy atom. The molecule has 0 radical (unpaired) electrons. The topological polar surface area (TPSA) is 56.7 Å². The van der Waals surface area contributed by atoms with Crippen molar-refractivity contribution < 1.29 is 9.90 Å². The normalized spacial score (nSPS) is 15.1. The summed E-state index contributed by atoms with van der Waals surface area (Å²) in [4.78, 5) is 20.8. The van der Waals surface area contributed by atoms with Crippen molar-refractivity contribution in [3.8, 4) is 5.75 Å². The number of carbonyl (C=O) groups is 1. The van der Waals surface area contributed by atoms with Gasteiger partial charge in [-0.2, -0.15) is 0 Å². The predicted octanol–water partition coefficient (Wildman–Crippen LogP) is 2.05. The van der Waals surface area contributed by atoms with Crippen molar-refractivity contribution in [2.24, 2.45) is 0 Å². The molecular weight excluding hydrogens is 298 g/mol. The van der Waals surface area contributed by atoms with E-state index in [1.807, 2.05) is 29.3 Å². The van der Waals surface area contributed by atoms with Gasteiger partial charge in [-0.15, -0.1) is 11.3 Å². The van der Waals surface area contributed by atoms with E-state index in [0.717, 1.165) is 42.6 Å². The number of amides is 1. The van der Waals surface area contributed by atoms with Crippen molar-refractivity contribution in [2.45, 2.75) is 13.3 Å². The molecule has 5 nitrogen and oxygen atoms in total. The number of benzene rings is 1. The number of aromatic hydroxyl groups is 1. The Kier molecular flexibility index (Phi) is 4.29. The van der Waals surface area contributed by atoms with Crippen LogP contribution in [-0.4, -0.2) is 47.1 Å². The number of phenolic OH excluding ortho intramolecular Hbond substituents is 1. The summed E-state index contributed by atoms with van der Waals surface area (Å²) >= 11 is 1.58. The number of aryl methyl sites for hydroxylation is 1. The van der Waals surface area contributed by atoms with E-state index in [-0.39, 0.29) is 11.7 Å². The van der Waals surface area contributed by atoms with Gasteiger partial charge in [0.2, 0.25) is 5.91 Å². The number of thiazole rings is 1. The van der Waals surface area contributed by atoms with Gasteiger partial charge in [-0.05, 0) is 31.2 Å². The van der Waals surface area contributed by atoms with Gasteiger partial charge in [0.05, 0.1) is 17.1 Å². The fourth-order valence-electron chi connectivity index (χ4n) is 2.63. The van der Waals surface area contributed by atoms with Crippen LogP contribution in [0.4, 0.5) is 5.69 Å². The monoisotopic (exact) mass is 317 g/mol. The molecule has 0 atom stereocenters. The number of anilines is 1. The molecule has 0 saturated carbocycles. The molecule has 22 heavy (non-hydrogen) atoms. The molecule has 0 aliphatic carbocycles. The van der Waals surface area contributed by atoms with Crippen LogP contribution >= 0.6 is 11.3 Å². The van der Waals surface area contributed by atoms with Crippen LogP contribution in [0, 0.1) is 6.92 Å². The first-order chi connectivity index (χ1) is 10.6. The summed E-state index contributed by atoms with van der Waals surface area (Å²) in [5.74, 6) is 0.423. The highest BCUT2D eigenvalue weighted by Crippen LogP contribution is 2.20. The van der Waals surface area contributed by atoms with Crippen LogP contribution in [0.1, 0.15) is 10.7 Å². The van der Waals surface area contributed by atoms with Gasteiger partial charge in [-0.25, -0.2) is 4.98 Å². The average Bonchev–Trinajstić information content (AvgIpc) is 2.93. The van der Waals surface area contributed by atoms with Gasteiger partial charge in [0.1, 0.15) is 5.75 Å². The number of nitrogens with zero attached hydrogens (tertiary/aromatic N) is 3. The molecular formula is C16H19N3O2S. The van der Waals surface area contributed by atoms with E-state index in [9.17, 15) is 9.90 Å². The minimum Gasteiger partial charge on any atom is -0.508 e. The Labute approximate surface area is 133 Å². The predicted molar refractivity (Wildman–Crippen MR) is 87.5 cm³/mol. The Morgan fingerprint density at radius 3 is 2.50 bits per heavy atom. The van der Waals surface area contributed by atoms with Crippen molar-refractivity contribution in [1.29, 1.82) is 0 Å². The molecule has 0 unspecified atom stereocenters. The third kappa shape index (κ3) is 3.39. The fourth-order valence-corrected chi connectivity index (χ4v) is 3.25. The quantitative estimate of drug-likeness (QED) is 0.941. The van der Waals surface area contributed by atoms with E-state index in [2.05, 4.69) is 9.88 Å². The first kappa shape index (κ1) is 14.8. The molecule has 1 aliphatic rings. The second kappa shape index (κ2) is 6.36. The lowest BCUT2D eigenvalue weighted by Crippen LogP contribution is -2.49. The van der Waals surface area contributed by atoms with Crippen LogP contribution in [0.3, 0.4) is 0 Å². The summed E-state index contributed by atoms with van der Waals surface area (Å²) in [6, 6.07) is 7.20. The van der Waals surface area contributed by atoms with Gasteiger partial charge < -0.3 is 14.9 Å². The summed E-state index contributed by atoms with van der Waals surface area (Å²) in [7, 11) is 0. The highest BCUT2D eigenvalue weighted by Gasteiger charge is 2.21. The first-order valence-electron chi connectivity index (χ1n) is 7.34. The lowest BCUT2D eigenvalue weighted by molar-refractivity contribution is -0.130. The SMILES string of the molecule is Cc1nc(CC(=O)N2CCN(c3ccc(O)cc3)CC2)cs1. The summed E-state index contributed by atoms with van der Waals surface area (Å²) in [5.41, 5.74) is 1.95. The van der Waals surface area contributed by atoms with Crippen LogP contribution in [0.2, 0.25) is 0 Å². The number of carbonyl (C=O) groups excluding carboxylic acids is 1. The Balaban J connectivity index is 1.54. The summed E-state index contributed by atoms with van der Waals surface area (Å²) in [6.07, 6.45) is 0.392. The van der Waals surface area contributed by atoms with E-state index in [1.54, 1.807) is 23.5 Å². The minimum absolute atomic E-state index is 0.149. The molecule has 1 aromatic heterocycles. The Bertz CT molecular complexity index is 646. The average molecular weight is 317 g/mol. The largest absolute Gasteiger partial charge is 0.508 e. The summed E-state index contributed by atoms with van der Waals surface area (Å²) in [6.45, 7) is 5.03. The van der Waals surface area contributed by atoms with Crippen LogP contribution in [0.25, 0.3) is 0 Å². The molecule has 1 saturated heterocycles. The van der Waals surface area contributed by atoms with Gasteiger partial charge in [0.15, 0.2) is 0 Å². The number of rotatable bonds is 3. The lowest BCUT2D eigenvalue weighted by atomic mass is 10.2. The number of phenols is 1. The maximum absolute atomic E-state index is 12.3. The molecule has 1 aromatic carbocycles. The number of hydrogen-bond acceptors (Lipinski definition) is 5. The standard InChI is InChI=1S/C16H19N3O2S/c1-12-17-13(11-22-12)10-16(21)19-8-6-18(7-9-19)14-2-4-15(20)5-3-14/h2-5,11,20H,6-10H2,1H3. The Hall–Kier alpha value is -2.08. The Morgan fingerprint density at radius 1 is 1.23 bits per heavy atom. The highest BCUT2D eigenvalue weighted by atomic mass is 32.1. The van der Waals surface area contributed by atoms with E-state index < -0.39 is 0 Å². The maximum atomic E-state index is 12.3. The van der Waals surface area contributed by atoms with Crippen LogP contribution in [0.15, 0.2) is 29.6 Å². The van der Waals surface area contributed by atoms with Gasteiger partial charge in [-0.3, -0.25) is 4.79 Å². The number of aromatic nitrogens is 1. The van der Waals surface area contributed by atoms with Crippen LogP contribution < -0.4 is 4.90 Å². The van der Waals surface area contributed by atoms with Crippen molar-refractivity contribution in [1.82, 2.24) is 9.88 Å². The third-order valence-electron chi connectivity index (χ3n) is 3.85. The van der Waals surface area contributed by atoms with Crippen molar-refractivity contribution in [3.63, 3.8) is 0 Å². The minimum atomic E-state index is 0.149. The van der Waals surface area contributed by atoms with E-state index in [1.165, 1.54) is 0 Å². The lowest BCUT2D eigenvalue weighted by Gasteiger charge is -2.36. The zero-order valence-corrected chi connectivity index (χ0v) is 13.3. The summed E-state index contributed by atoms with van der Waals surface area (Å²) in [5, 5.41) is 12.3. The molecule has 0 spiro atoms. The molecule has 2 aromatic rings. The number of piperazine rings is 1. The second-order valence-corrected chi connectivity index (χ2v) is 6.48. The molecule has 3 rings (SSSR count). The van der Waals surface area contributed by atoms with Crippen molar-refractivity contribution in [3.05, 3.63) is 40.3 Å². The van der Waals surface area contributed by atoms with Crippen LogP contribution in [-0.2, 0) is 11.2 Å². The maximum Gasteiger partial charge on any atom is 0.228 e. The van der Waals surface area contributed by atoms with Gasteiger partial charge in [0, 0.05) is 37.2 Å². The van der Waals surface area contributed by atoms with E-state index in [4.69, 9.17) is 0 Å². The molecule has 1 N–H and O–H groups in total. The molecule has 1 amide bonds. The molecule has 6 heteroatoms. The third-order valence-corrected chi connectivity index (χ3v) is 4.67. The van der Waals surface area contributed by atoms with E-state index >= 15 is 0 Å². The highest BCUT2D eigenvalue weighted by molar-refractivity contribution is 7.09. The first-order valence-corrected chi connectivity index (χ1v) is 8.22. The summed E-state index contributed by atoms with van der Waals surface area (Å²) < 4.78 is 0. The van der Waals surface area contributed by atoms with Gasteiger partial charge in [0.25, 0.3) is 0 Å². The molecule has 1 aliphatic heterocycles.